The summed E-state index contributed by atoms with van der Waals surface area (Å²) < 4.78 is 11.7. The second-order valence-electron chi connectivity index (χ2n) is 11.7. The van der Waals surface area contributed by atoms with Crippen LogP contribution in [0.3, 0.4) is 0 Å². The Morgan fingerprint density at radius 1 is 0.356 bits per heavy atom. The largest absolute Gasteiger partial charge is 0.454 e. The minimum absolute atomic E-state index is 0.898. The Kier molecular flexibility index (Phi) is 5.00. The molecule has 0 bridgehead atoms. The highest BCUT2D eigenvalue weighted by atomic mass is 16.3. The smallest absolute Gasteiger partial charge is 0.160 e. The molecule has 3 heteroatoms. The van der Waals surface area contributed by atoms with E-state index in [2.05, 4.69) is 167 Å². The number of para-hydroxylation sites is 4. The van der Waals surface area contributed by atoms with Gasteiger partial charge in [-0.3, -0.25) is 0 Å². The zero-order chi connectivity index (χ0) is 29.5. The zero-order valence-corrected chi connectivity index (χ0v) is 24.3. The Bertz CT molecular complexity index is 2730. The third kappa shape index (κ3) is 3.35. The molecule has 3 heterocycles. The van der Waals surface area contributed by atoms with E-state index < -0.39 is 0 Å². The van der Waals surface area contributed by atoms with Crippen molar-refractivity contribution in [3.8, 4) is 22.5 Å². The molecule has 0 aliphatic rings. The Hall–Kier alpha value is -6.06. The highest BCUT2D eigenvalue weighted by Crippen LogP contribution is 2.49. The maximum Gasteiger partial charge on any atom is 0.160 e. The zero-order valence-electron chi connectivity index (χ0n) is 24.3. The molecule has 0 fully saturated rings. The topological polar surface area (TPSA) is 23.0 Å². The quantitative estimate of drug-likeness (QED) is 0.206. The third-order valence-electron chi connectivity index (χ3n) is 9.29. The number of hydrogen-bond donors (Lipinski definition) is 0. The molecule has 210 valence electrons. The summed E-state index contributed by atoms with van der Waals surface area (Å²) in [6.07, 6.45) is 0. The molecule has 0 amide bonds. The van der Waals surface area contributed by atoms with Gasteiger partial charge < -0.3 is 13.6 Å². The van der Waals surface area contributed by atoms with Gasteiger partial charge in [0.05, 0.1) is 22.1 Å². The van der Waals surface area contributed by atoms with Crippen molar-refractivity contribution in [2.75, 3.05) is 0 Å². The molecular formula is C42H26N2O. The van der Waals surface area contributed by atoms with Gasteiger partial charge in [0.2, 0.25) is 0 Å². The van der Waals surface area contributed by atoms with E-state index in [0.717, 1.165) is 44.3 Å². The fraction of sp³-hybridized carbons (Fsp3) is 0. The molecule has 45 heavy (non-hydrogen) atoms. The third-order valence-corrected chi connectivity index (χ3v) is 9.29. The molecule has 0 aliphatic heterocycles. The van der Waals surface area contributed by atoms with Crippen molar-refractivity contribution in [2.24, 2.45) is 0 Å². The van der Waals surface area contributed by atoms with Gasteiger partial charge in [0.25, 0.3) is 0 Å². The van der Waals surface area contributed by atoms with Gasteiger partial charge in [-0.25, -0.2) is 0 Å². The van der Waals surface area contributed by atoms with Crippen molar-refractivity contribution in [2.45, 2.75) is 0 Å². The number of furan rings is 1. The van der Waals surface area contributed by atoms with Crippen LogP contribution in [0.15, 0.2) is 162 Å². The van der Waals surface area contributed by atoms with Crippen LogP contribution in [0.5, 0.6) is 0 Å². The summed E-state index contributed by atoms with van der Waals surface area (Å²) in [5.41, 5.74) is 11.1. The van der Waals surface area contributed by atoms with E-state index >= 15 is 0 Å². The molecule has 0 aliphatic carbocycles. The van der Waals surface area contributed by atoms with Crippen LogP contribution in [0.4, 0.5) is 0 Å². The summed E-state index contributed by atoms with van der Waals surface area (Å²) in [4.78, 5) is 0. The predicted molar refractivity (Wildman–Crippen MR) is 188 cm³/mol. The molecule has 0 spiro atoms. The van der Waals surface area contributed by atoms with Crippen LogP contribution in [-0.4, -0.2) is 9.13 Å². The van der Waals surface area contributed by atoms with E-state index in [0.29, 0.717) is 0 Å². The van der Waals surface area contributed by atoms with E-state index in [-0.39, 0.29) is 0 Å². The van der Waals surface area contributed by atoms with Gasteiger partial charge in [-0.05, 0) is 53.6 Å². The second kappa shape index (κ2) is 9.22. The van der Waals surface area contributed by atoms with Crippen molar-refractivity contribution >= 4 is 65.6 Å². The van der Waals surface area contributed by atoms with Crippen LogP contribution in [0.2, 0.25) is 0 Å². The summed E-state index contributed by atoms with van der Waals surface area (Å²) in [7, 11) is 0. The molecule has 0 unspecified atom stereocenters. The van der Waals surface area contributed by atoms with E-state index in [9.17, 15) is 0 Å². The second-order valence-corrected chi connectivity index (χ2v) is 11.7. The molecule has 0 saturated carbocycles. The van der Waals surface area contributed by atoms with Gasteiger partial charge in [0, 0.05) is 43.7 Å². The fourth-order valence-corrected chi connectivity index (χ4v) is 7.43. The molecule has 0 radical (unpaired) electrons. The lowest BCUT2D eigenvalue weighted by atomic mass is 10.0. The molecule has 7 aromatic carbocycles. The maximum absolute atomic E-state index is 6.86. The summed E-state index contributed by atoms with van der Waals surface area (Å²) in [5, 5.41) is 7.12. The summed E-state index contributed by atoms with van der Waals surface area (Å²) in [6.45, 7) is 0. The minimum atomic E-state index is 0.898. The summed E-state index contributed by atoms with van der Waals surface area (Å²) >= 11 is 0. The maximum atomic E-state index is 6.86. The van der Waals surface area contributed by atoms with E-state index in [1.807, 2.05) is 0 Å². The van der Waals surface area contributed by atoms with Gasteiger partial charge in [-0.2, -0.15) is 0 Å². The fourth-order valence-electron chi connectivity index (χ4n) is 7.43. The average molecular weight is 575 g/mol. The SMILES string of the molecule is c1ccc(-c2ccc(-n3c4ccccc4c4c5c6ccccc6oc5c5c(c6ccccc6n5-c5ccccc5)c43)cc2)cc1. The molecule has 3 aromatic heterocycles. The first kappa shape index (κ1) is 24.4. The van der Waals surface area contributed by atoms with Crippen LogP contribution < -0.4 is 0 Å². The molecular weight excluding hydrogens is 548 g/mol. The molecule has 10 rings (SSSR count). The Balaban J connectivity index is 1.46. The number of aromatic nitrogens is 2. The van der Waals surface area contributed by atoms with Crippen molar-refractivity contribution in [1.29, 1.82) is 0 Å². The lowest BCUT2D eigenvalue weighted by molar-refractivity contribution is 0.671. The Morgan fingerprint density at radius 2 is 0.867 bits per heavy atom. The summed E-state index contributed by atoms with van der Waals surface area (Å²) in [5.74, 6) is 0. The van der Waals surface area contributed by atoms with Crippen LogP contribution in [0.25, 0.3) is 88.1 Å². The molecule has 10 aromatic rings. The lowest BCUT2D eigenvalue weighted by Crippen LogP contribution is -1.96. The van der Waals surface area contributed by atoms with Gasteiger partial charge in [-0.15, -0.1) is 0 Å². The van der Waals surface area contributed by atoms with Crippen molar-refractivity contribution in [3.05, 3.63) is 158 Å². The lowest BCUT2D eigenvalue weighted by Gasteiger charge is -2.12. The van der Waals surface area contributed by atoms with E-state index in [4.69, 9.17) is 4.42 Å². The van der Waals surface area contributed by atoms with Gasteiger partial charge in [-0.1, -0.05) is 115 Å². The monoisotopic (exact) mass is 574 g/mol. The van der Waals surface area contributed by atoms with Crippen molar-refractivity contribution < 1.29 is 4.42 Å². The van der Waals surface area contributed by atoms with E-state index in [1.54, 1.807) is 0 Å². The highest BCUT2D eigenvalue weighted by molar-refractivity contribution is 6.39. The van der Waals surface area contributed by atoms with Gasteiger partial charge in [0.15, 0.2) is 5.58 Å². The van der Waals surface area contributed by atoms with Crippen molar-refractivity contribution in [3.63, 3.8) is 0 Å². The van der Waals surface area contributed by atoms with Crippen LogP contribution in [0.1, 0.15) is 0 Å². The van der Waals surface area contributed by atoms with E-state index in [1.165, 1.54) is 43.7 Å². The Labute approximate surface area is 258 Å². The highest BCUT2D eigenvalue weighted by Gasteiger charge is 2.27. The number of hydrogen-bond acceptors (Lipinski definition) is 1. The molecule has 0 N–H and O–H groups in total. The number of benzene rings is 7. The first-order valence-corrected chi connectivity index (χ1v) is 15.4. The molecule has 0 saturated heterocycles. The number of nitrogens with zero attached hydrogens (tertiary/aromatic N) is 2. The number of fused-ring (bicyclic) bond motifs is 12. The Morgan fingerprint density at radius 3 is 1.58 bits per heavy atom. The summed E-state index contributed by atoms with van der Waals surface area (Å²) in [6, 6.07) is 56.2. The van der Waals surface area contributed by atoms with Crippen LogP contribution in [-0.2, 0) is 0 Å². The normalized spacial score (nSPS) is 12.0. The van der Waals surface area contributed by atoms with Crippen molar-refractivity contribution in [1.82, 2.24) is 9.13 Å². The first-order chi connectivity index (χ1) is 22.4. The standard InChI is InChI=1S/C42H26N2O/c1-3-13-27(14-4-1)28-23-25-30(26-24-28)43-34-20-10-7-17-31(34)37-38-33-19-9-12-22-36(33)45-42(38)41-39(40(37)43)32-18-8-11-21-35(32)44(41)29-15-5-2-6-16-29/h1-26H. The minimum Gasteiger partial charge on any atom is -0.454 e. The van der Waals surface area contributed by atoms with Crippen LogP contribution >= 0.6 is 0 Å². The van der Waals surface area contributed by atoms with Gasteiger partial charge in [0.1, 0.15) is 5.58 Å². The van der Waals surface area contributed by atoms with Gasteiger partial charge >= 0.3 is 0 Å². The predicted octanol–water partition coefficient (Wildman–Crippen LogP) is 11.4. The number of rotatable bonds is 3. The average Bonchev–Trinajstić information content (AvgIpc) is 3.77. The molecule has 3 nitrogen and oxygen atoms in total. The first-order valence-electron chi connectivity index (χ1n) is 15.4. The van der Waals surface area contributed by atoms with Crippen LogP contribution in [0, 0.1) is 0 Å². The molecule has 0 atom stereocenters.